The standard InChI is InChI=1S/C37H34N4O3S/c1-37(2,3)45(43)38-27-17-22-18-30(27)41-29-12-8-5-9-24(29)31-26-20-39(19-21-13-15-23(44-4)16-14-21)36(42)33(26)32-25-10-6-7-11-28(25)40(22)35(32)34(31)41/h5-16,22,30H,17-20H2,1-4H3/t22-,30-,45?/m0/s1. The molecular weight excluding hydrogens is 580 g/mol. The molecule has 1 amide bonds. The molecule has 2 aromatic heterocycles. The Hall–Kier alpha value is -4.43. The van der Waals surface area contributed by atoms with E-state index in [2.05, 4.69) is 57.7 Å². The van der Waals surface area contributed by atoms with Crippen LogP contribution >= 0.6 is 0 Å². The Morgan fingerprint density at radius 2 is 1.53 bits per heavy atom. The van der Waals surface area contributed by atoms with Crippen molar-refractivity contribution >= 4 is 66.2 Å². The molecule has 226 valence electrons. The number of aromatic nitrogens is 2. The summed E-state index contributed by atoms with van der Waals surface area (Å²) in [5.74, 6) is 0.886. The largest absolute Gasteiger partial charge is 0.497 e. The molecule has 0 radical (unpaired) electrons. The Kier molecular flexibility index (Phi) is 5.56. The van der Waals surface area contributed by atoms with Crippen molar-refractivity contribution in [2.45, 2.75) is 63.5 Å². The number of ether oxygens (including phenoxy) is 1. The summed E-state index contributed by atoms with van der Waals surface area (Å²) in [6.45, 7) is 7.03. The predicted molar refractivity (Wildman–Crippen MR) is 182 cm³/mol. The lowest BCUT2D eigenvalue weighted by atomic mass is 9.97. The molecule has 4 heterocycles. The van der Waals surface area contributed by atoms with Gasteiger partial charge in [-0.3, -0.25) is 4.79 Å². The minimum absolute atomic E-state index is 0.00359. The van der Waals surface area contributed by atoms with Crippen LogP contribution in [0.3, 0.4) is 0 Å². The molecule has 0 saturated heterocycles. The van der Waals surface area contributed by atoms with Gasteiger partial charge < -0.3 is 18.8 Å². The number of hydrogen-bond donors (Lipinski definition) is 0. The third-order valence-corrected chi connectivity index (χ3v) is 11.5. The van der Waals surface area contributed by atoms with E-state index in [1.165, 1.54) is 5.52 Å². The molecule has 0 spiro atoms. The normalized spacial score (nSPS) is 20.8. The molecule has 1 unspecified atom stereocenters. The molecule has 2 aliphatic heterocycles. The number of benzene rings is 4. The number of carbonyl (C=O) groups is 1. The van der Waals surface area contributed by atoms with Gasteiger partial charge in [0.25, 0.3) is 5.91 Å². The molecule has 3 aliphatic rings. The van der Waals surface area contributed by atoms with E-state index >= 15 is 0 Å². The summed E-state index contributed by atoms with van der Waals surface area (Å²) in [5.41, 5.74) is 8.61. The van der Waals surface area contributed by atoms with Crippen LogP contribution < -0.4 is 4.74 Å². The van der Waals surface area contributed by atoms with Gasteiger partial charge in [-0.25, -0.2) is 4.21 Å². The van der Waals surface area contributed by atoms with Gasteiger partial charge in [0.2, 0.25) is 0 Å². The fourth-order valence-electron chi connectivity index (χ4n) is 8.07. The highest BCUT2D eigenvalue weighted by molar-refractivity contribution is 7.85. The van der Waals surface area contributed by atoms with E-state index in [4.69, 9.17) is 9.13 Å². The van der Waals surface area contributed by atoms with E-state index in [0.717, 1.165) is 79.1 Å². The monoisotopic (exact) mass is 614 g/mol. The third kappa shape index (κ3) is 3.66. The minimum atomic E-state index is -1.35. The van der Waals surface area contributed by atoms with Gasteiger partial charge in [-0.1, -0.05) is 48.5 Å². The van der Waals surface area contributed by atoms with E-state index in [-0.39, 0.29) is 18.0 Å². The third-order valence-electron chi connectivity index (χ3n) is 10.0. The van der Waals surface area contributed by atoms with Crippen LogP contribution in [0, 0.1) is 0 Å². The van der Waals surface area contributed by atoms with Crippen molar-refractivity contribution in [1.82, 2.24) is 14.0 Å². The van der Waals surface area contributed by atoms with Crippen LogP contribution in [-0.2, 0) is 24.1 Å². The van der Waals surface area contributed by atoms with Crippen LogP contribution in [0.2, 0.25) is 0 Å². The van der Waals surface area contributed by atoms with Crippen molar-refractivity contribution in [2.24, 2.45) is 4.40 Å². The summed E-state index contributed by atoms with van der Waals surface area (Å²) in [7, 11) is 0.315. The number of para-hydroxylation sites is 2. The highest BCUT2D eigenvalue weighted by atomic mass is 32.2. The zero-order valence-corrected chi connectivity index (χ0v) is 26.6. The lowest BCUT2D eigenvalue weighted by Crippen LogP contribution is -2.23. The zero-order chi connectivity index (χ0) is 30.8. The highest BCUT2D eigenvalue weighted by Crippen LogP contribution is 2.53. The van der Waals surface area contributed by atoms with E-state index < -0.39 is 15.7 Å². The first-order valence-corrected chi connectivity index (χ1v) is 16.8. The fourth-order valence-corrected chi connectivity index (χ4v) is 8.75. The zero-order valence-electron chi connectivity index (χ0n) is 25.8. The first kappa shape index (κ1) is 26.9. The molecule has 1 fully saturated rings. The molecule has 0 N–H and O–H groups in total. The van der Waals surface area contributed by atoms with Crippen LogP contribution in [-0.4, -0.2) is 41.7 Å². The van der Waals surface area contributed by atoms with Crippen molar-refractivity contribution in [2.75, 3.05) is 7.11 Å². The number of hydrogen-bond acceptors (Lipinski definition) is 3. The Morgan fingerprint density at radius 1 is 0.889 bits per heavy atom. The molecule has 6 aromatic rings. The van der Waals surface area contributed by atoms with Gasteiger partial charge in [0.15, 0.2) is 0 Å². The first-order valence-electron chi connectivity index (χ1n) is 15.7. The number of carbonyl (C=O) groups excluding carboxylic acids is 1. The van der Waals surface area contributed by atoms with Crippen molar-refractivity contribution in [3.05, 3.63) is 89.5 Å². The molecule has 3 atom stereocenters. The molecular formula is C37H34N4O3S. The van der Waals surface area contributed by atoms with Crippen molar-refractivity contribution in [3.63, 3.8) is 0 Å². The molecule has 45 heavy (non-hydrogen) atoms. The van der Waals surface area contributed by atoms with Crippen LogP contribution in [0.4, 0.5) is 0 Å². The van der Waals surface area contributed by atoms with Crippen LogP contribution in [0.1, 0.15) is 67.2 Å². The molecule has 8 heteroatoms. The summed E-state index contributed by atoms with van der Waals surface area (Å²) in [4.78, 5) is 16.5. The lowest BCUT2D eigenvalue weighted by molar-refractivity contribution is 0.0768. The second-order valence-corrected chi connectivity index (χ2v) is 15.5. The maximum absolute atomic E-state index is 14.5. The summed E-state index contributed by atoms with van der Waals surface area (Å²) < 4.78 is 28.3. The molecule has 2 bridgehead atoms. The molecule has 7 nitrogen and oxygen atoms in total. The van der Waals surface area contributed by atoms with Crippen LogP contribution in [0.5, 0.6) is 5.75 Å². The predicted octanol–water partition coefficient (Wildman–Crippen LogP) is 7.86. The summed E-state index contributed by atoms with van der Waals surface area (Å²) in [6, 6.07) is 25.3. The van der Waals surface area contributed by atoms with Gasteiger partial charge in [-0.05, 0) is 62.6 Å². The molecule has 4 aromatic carbocycles. The smallest absolute Gasteiger partial charge is 0.255 e. The van der Waals surface area contributed by atoms with E-state index in [9.17, 15) is 9.00 Å². The highest BCUT2D eigenvalue weighted by Gasteiger charge is 2.44. The topological polar surface area (TPSA) is 68.8 Å². The lowest BCUT2D eigenvalue weighted by Gasteiger charge is -2.20. The minimum Gasteiger partial charge on any atom is -0.497 e. The number of nitrogens with zero attached hydrogens (tertiary/aromatic N) is 4. The number of fused-ring (bicyclic) bond motifs is 13. The van der Waals surface area contributed by atoms with Crippen LogP contribution in [0.15, 0.2) is 77.2 Å². The van der Waals surface area contributed by atoms with Gasteiger partial charge in [0.1, 0.15) is 16.7 Å². The Morgan fingerprint density at radius 3 is 2.22 bits per heavy atom. The Balaban J connectivity index is 1.36. The first-order chi connectivity index (χ1) is 21.7. The van der Waals surface area contributed by atoms with Crippen LogP contribution in [0.25, 0.3) is 43.6 Å². The summed E-state index contributed by atoms with van der Waals surface area (Å²) in [6.07, 6.45) is 1.61. The SMILES string of the molecule is COc1ccc(CN2Cc3c(c4c5ccccc5n5c4c4c3c3ccccc3n4[C@H]3C[C@@H]5CC3=NS(=O)C(C)(C)C)C2=O)cc1. The number of methoxy groups -OCH3 is 1. The molecule has 9 rings (SSSR count). The van der Waals surface area contributed by atoms with Crippen molar-refractivity contribution in [3.8, 4) is 5.75 Å². The molecule has 1 saturated carbocycles. The fraction of sp³-hybridized carbons (Fsp3) is 0.297. The second-order valence-electron chi connectivity index (χ2n) is 13.6. The summed E-state index contributed by atoms with van der Waals surface area (Å²) >= 11 is 0. The quantitative estimate of drug-likeness (QED) is 0.203. The van der Waals surface area contributed by atoms with Gasteiger partial charge in [-0.2, -0.15) is 4.40 Å². The number of rotatable bonds is 4. The van der Waals surface area contributed by atoms with Crippen molar-refractivity contribution in [1.29, 1.82) is 0 Å². The second kappa shape index (κ2) is 9.30. The van der Waals surface area contributed by atoms with Gasteiger partial charge >= 0.3 is 0 Å². The van der Waals surface area contributed by atoms with Gasteiger partial charge in [0.05, 0.1) is 40.2 Å². The maximum atomic E-state index is 14.5. The average molecular weight is 615 g/mol. The number of amides is 1. The van der Waals surface area contributed by atoms with Gasteiger partial charge in [-0.15, -0.1) is 0 Å². The average Bonchev–Trinajstić information content (AvgIpc) is 3.74. The Labute approximate surface area is 263 Å². The van der Waals surface area contributed by atoms with E-state index in [1.807, 2.05) is 49.9 Å². The van der Waals surface area contributed by atoms with Crippen molar-refractivity contribution < 1.29 is 13.7 Å². The van der Waals surface area contributed by atoms with Gasteiger partial charge in [0, 0.05) is 58.1 Å². The maximum Gasteiger partial charge on any atom is 0.255 e. The summed E-state index contributed by atoms with van der Waals surface area (Å²) in [5, 5.41) is 4.49. The molecule has 1 aliphatic carbocycles. The van der Waals surface area contributed by atoms with E-state index in [0.29, 0.717) is 13.1 Å². The van der Waals surface area contributed by atoms with E-state index in [1.54, 1.807) is 7.11 Å². The Bertz CT molecular complexity index is 2300.